The van der Waals surface area contributed by atoms with Crippen LogP contribution in [-0.4, -0.2) is 18.2 Å². The number of esters is 1. The first-order chi connectivity index (χ1) is 7.60. The van der Waals surface area contributed by atoms with Crippen LogP contribution in [0.1, 0.15) is 30.5 Å². The average Bonchev–Trinajstić information content (AvgIpc) is 2.29. The summed E-state index contributed by atoms with van der Waals surface area (Å²) in [6, 6.07) is 4.86. The second kappa shape index (κ2) is 5.51. The number of phenolic OH excluding ortho intramolecular Hbond substituents is 1. The van der Waals surface area contributed by atoms with Crippen LogP contribution >= 0.6 is 0 Å². The number of nitrogens with two attached hydrogens (primary N) is 1. The van der Waals surface area contributed by atoms with Crippen molar-refractivity contribution < 1.29 is 14.6 Å². The number of ether oxygens (including phenoxy) is 1. The second-order valence-corrected chi connectivity index (χ2v) is 3.60. The Balaban J connectivity index is 2.91. The van der Waals surface area contributed by atoms with Crippen molar-refractivity contribution in [3.63, 3.8) is 0 Å². The number of phenols is 1. The molecule has 16 heavy (non-hydrogen) atoms. The van der Waals surface area contributed by atoms with E-state index in [4.69, 9.17) is 5.73 Å². The highest BCUT2D eigenvalue weighted by Crippen LogP contribution is 2.28. The number of methoxy groups -OCH3 is 1. The molecular formula is C12H17NO3. The third-order valence-electron chi connectivity index (χ3n) is 2.55. The molecule has 3 N–H and O–H groups in total. The van der Waals surface area contributed by atoms with E-state index in [1.807, 2.05) is 19.1 Å². The van der Waals surface area contributed by atoms with E-state index < -0.39 is 6.04 Å². The fourth-order valence-corrected chi connectivity index (χ4v) is 1.57. The minimum Gasteiger partial charge on any atom is -0.507 e. The zero-order valence-corrected chi connectivity index (χ0v) is 9.56. The molecular weight excluding hydrogens is 206 g/mol. The number of aryl methyl sites for hydroxylation is 1. The van der Waals surface area contributed by atoms with Crippen LogP contribution in [0.25, 0.3) is 0 Å². The van der Waals surface area contributed by atoms with Crippen LogP contribution in [0.3, 0.4) is 0 Å². The number of rotatable bonds is 4. The van der Waals surface area contributed by atoms with Crippen molar-refractivity contribution in [2.75, 3.05) is 7.11 Å². The molecule has 0 aliphatic heterocycles. The Morgan fingerprint density at radius 2 is 2.25 bits per heavy atom. The van der Waals surface area contributed by atoms with Gasteiger partial charge in [-0.05, 0) is 12.0 Å². The zero-order chi connectivity index (χ0) is 12.1. The summed E-state index contributed by atoms with van der Waals surface area (Å²) in [6.45, 7) is 1.95. The van der Waals surface area contributed by atoms with Crippen molar-refractivity contribution in [1.29, 1.82) is 0 Å². The fourth-order valence-electron chi connectivity index (χ4n) is 1.57. The van der Waals surface area contributed by atoms with Crippen LogP contribution in [0.5, 0.6) is 5.75 Å². The molecule has 1 rings (SSSR count). The summed E-state index contributed by atoms with van der Waals surface area (Å²) in [4.78, 5) is 11.1. The number of carbonyl (C=O) groups excluding carboxylic acids is 1. The van der Waals surface area contributed by atoms with Gasteiger partial charge in [0, 0.05) is 11.6 Å². The quantitative estimate of drug-likeness (QED) is 0.759. The Kier molecular flexibility index (Phi) is 4.31. The van der Waals surface area contributed by atoms with Gasteiger partial charge in [-0.2, -0.15) is 0 Å². The molecule has 0 radical (unpaired) electrons. The highest BCUT2D eigenvalue weighted by molar-refractivity contribution is 5.70. The van der Waals surface area contributed by atoms with E-state index in [0.29, 0.717) is 5.56 Å². The molecule has 0 aliphatic rings. The number of benzene rings is 1. The first-order valence-electron chi connectivity index (χ1n) is 5.23. The Bertz CT molecular complexity index is 377. The molecule has 88 valence electrons. The van der Waals surface area contributed by atoms with E-state index in [1.54, 1.807) is 6.07 Å². The van der Waals surface area contributed by atoms with E-state index in [-0.39, 0.29) is 18.1 Å². The van der Waals surface area contributed by atoms with Crippen molar-refractivity contribution in [3.8, 4) is 5.75 Å². The van der Waals surface area contributed by atoms with E-state index in [2.05, 4.69) is 4.74 Å². The molecule has 0 saturated heterocycles. The van der Waals surface area contributed by atoms with Crippen LogP contribution < -0.4 is 5.73 Å². The van der Waals surface area contributed by atoms with Crippen LogP contribution in [0.2, 0.25) is 0 Å². The van der Waals surface area contributed by atoms with Gasteiger partial charge in [0.2, 0.25) is 0 Å². The molecule has 0 bridgehead atoms. The van der Waals surface area contributed by atoms with Crippen LogP contribution in [0, 0.1) is 0 Å². The molecule has 1 aromatic carbocycles. The Labute approximate surface area is 95.0 Å². The Hall–Kier alpha value is -1.55. The molecule has 0 amide bonds. The van der Waals surface area contributed by atoms with E-state index in [0.717, 1.165) is 12.0 Å². The molecule has 4 nitrogen and oxygen atoms in total. The largest absolute Gasteiger partial charge is 0.507 e. The van der Waals surface area contributed by atoms with Gasteiger partial charge in [0.05, 0.1) is 13.5 Å². The molecule has 0 aliphatic carbocycles. The van der Waals surface area contributed by atoms with Crippen molar-refractivity contribution in [3.05, 3.63) is 29.3 Å². The Morgan fingerprint density at radius 3 is 2.81 bits per heavy atom. The summed E-state index contributed by atoms with van der Waals surface area (Å²) in [5.74, 6) is -0.199. The molecule has 4 heteroatoms. The van der Waals surface area contributed by atoms with Crippen LogP contribution in [-0.2, 0) is 16.0 Å². The standard InChI is InChI=1S/C12H17NO3/c1-3-8-5-4-6-9(12(8)15)10(13)7-11(14)16-2/h4-6,10,15H,3,7,13H2,1-2H3/t10-/m1/s1. The topological polar surface area (TPSA) is 72.6 Å². The highest BCUT2D eigenvalue weighted by Gasteiger charge is 2.16. The third-order valence-corrected chi connectivity index (χ3v) is 2.55. The van der Waals surface area contributed by atoms with Gasteiger partial charge in [-0.15, -0.1) is 0 Å². The molecule has 0 saturated carbocycles. The Morgan fingerprint density at radius 1 is 1.56 bits per heavy atom. The first-order valence-corrected chi connectivity index (χ1v) is 5.23. The van der Waals surface area contributed by atoms with Gasteiger partial charge in [-0.3, -0.25) is 4.79 Å². The number of hydrogen-bond acceptors (Lipinski definition) is 4. The van der Waals surface area contributed by atoms with Crippen LogP contribution in [0.15, 0.2) is 18.2 Å². The number of para-hydroxylation sites is 1. The average molecular weight is 223 g/mol. The highest BCUT2D eigenvalue weighted by atomic mass is 16.5. The number of carbonyl (C=O) groups is 1. The summed E-state index contributed by atoms with van der Waals surface area (Å²) in [5, 5.41) is 9.91. The van der Waals surface area contributed by atoms with E-state index in [1.165, 1.54) is 7.11 Å². The molecule has 0 unspecified atom stereocenters. The predicted octanol–water partition coefficient (Wildman–Crippen LogP) is 1.52. The summed E-state index contributed by atoms with van der Waals surface area (Å²) in [7, 11) is 1.32. The van der Waals surface area contributed by atoms with Gasteiger partial charge in [-0.1, -0.05) is 25.1 Å². The number of hydrogen-bond donors (Lipinski definition) is 2. The van der Waals surface area contributed by atoms with Crippen molar-refractivity contribution >= 4 is 5.97 Å². The molecule has 0 heterocycles. The van der Waals surface area contributed by atoms with Gasteiger partial charge in [0.15, 0.2) is 0 Å². The summed E-state index contributed by atoms with van der Waals surface area (Å²) in [6.07, 6.45) is 0.793. The van der Waals surface area contributed by atoms with Gasteiger partial charge in [-0.25, -0.2) is 0 Å². The first kappa shape index (κ1) is 12.5. The van der Waals surface area contributed by atoms with E-state index >= 15 is 0 Å². The summed E-state index contributed by atoms with van der Waals surface area (Å²) >= 11 is 0. The van der Waals surface area contributed by atoms with Gasteiger partial charge >= 0.3 is 5.97 Å². The summed E-state index contributed by atoms with van der Waals surface area (Å²) < 4.78 is 4.54. The lowest BCUT2D eigenvalue weighted by atomic mass is 9.99. The minimum absolute atomic E-state index is 0.0667. The smallest absolute Gasteiger partial charge is 0.307 e. The molecule has 0 fully saturated rings. The maximum atomic E-state index is 11.1. The molecule has 0 spiro atoms. The lowest BCUT2D eigenvalue weighted by Gasteiger charge is -2.14. The third kappa shape index (κ3) is 2.73. The van der Waals surface area contributed by atoms with Crippen molar-refractivity contribution in [1.82, 2.24) is 0 Å². The maximum absolute atomic E-state index is 11.1. The van der Waals surface area contributed by atoms with Crippen LogP contribution in [0.4, 0.5) is 0 Å². The minimum atomic E-state index is -0.529. The lowest BCUT2D eigenvalue weighted by Crippen LogP contribution is -2.16. The molecule has 0 aromatic heterocycles. The van der Waals surface area contributed by atoms with Crippen molar-refractivity contribution in [2.45, 2.75) is 25.8 Å². The zero-order valence-electron chi connectivity index (χ0n) is 9.56. The summed E-state index contributed by atoms with van der Waals surface area (Å²) in [5.41, 5.74) is 7.25. The molecule has 1 aromatic rings. The SMILES string of the molecule is CCc1cccc([C@H](N)CC(=O)OC)c1O. The number of aromatic hydroxyl groups is 1. The van der Waals surface area contributed by atoms with E-state index in [9.17, 15) is 9.90 Å². The lowest BCUT2D eigenvalue weighted by molar-refractivity contribution is -0.141. The maximum Gasteiger partial charge on any atom is 0.307 e. The fraction of sp³-hybridized carbons (Fsp3) is 0.417. The van der Waals surface area contributed by atoms with Gasteiger partial charge in [0.1, 0.15) is 5.75 Å². The monoisotopic (exact) mass is 223 g/mol. The van der Waals surface area contributed by atoms with Crippen molar-refractivity contribution in [2.24, 2.45) is 5.73 Å². The predicted molar refractivity (Wildman–Crippen MR) is 61.0 cm³/mol. The molecule has 1 atom stereocenters. The van der Waals surface area contributed by atoms with Gasteiger partial charge < -0.3 is 15.6 Å². The second-order valence-electron chi connectivity index (χ2n) is 3.60. The van der Waals surface area contributed by atoms with Gasteiger partial charge in [0.25, 0.3) is 0 Å². The normalized spacial score (nSPS) is 12.2.